The lowest BCUT2D eigenvalue weighted by atomic mass is 10.3. The van der Waals surface area contributed by atoms with Crippen LogP contribution in [0.4, 0.5) is 0 Å². The minimum Gasteiger partial charge on any atom is -0.494 e. The maximum Gasteiger partial charge on any atom is 0.131 e. The fraction of sp³-hybridized carbons (Fsp3) is 0.357. The number of fused-ring (bicyclic) bond motifs is 1. The molecule has 0 amide bonds. The zero-order valence-electron chi connectivity index (χ0n) is 10.5. The largest absolute Gasteiger partial charge is 0.494 e. The van der Waals surface area contributed by atoms with Gasteiger partial charge in [0.25, 0.3) is 0 Å². The molecular weight excluding hydrogens is 280 g/mol. The van der Waals surface area contributed by atoms with E-state index in [2.05, 4.69) is 5.10 Å². The summed E-state index contributed by atoms with van der Waals surface area (Å²) in [4.78, 5) is 0. The molecule has 0 saturated heterocycles. The highest BCUT2D eigenvalue weighted by atomic mass is 35.5. The van der Waals surface area contributed by atoms with Crippen molar-refractivity contribution in [3.63, 3.8) is 0 Å². The van der Waals surface area contributed by atoms with Crippen molar-refractivity contribution in [2.24, 2.45) is 0 Å². The fourth-order valence-corrected chi connectivity index (χ4v) is 3.51. The standard InChI is InChI=1S/C14H15ClN2OS/c15-14-12-9-19-10-13(12)16-17(14)7-4-8-18-11-5-2-1-3-6-11/h1-3,5-6H,4,7-10H2. The topological polar surface area (TPSA) is 27.1 Å². The van der Waals surface area contributed by atoms with Crippen LogP contribution in [0.3, 0.4) is 0 Å². The molecule has 0 aliphatic carbocycles. The monoisotopic (exact) mass is 294 g/mol. The molecule has 0 fully saturated rings. The summed E-state index contributed by atoms with van der Waals surface area (Å²) < 4.78 is 7.56. The van der Waals surface area contributed by atoms with Crippen molar-refractivity contribution in [1.82, 2.24) is 9.78 Å². The molecule has 0 saturated carbocycles. The number of thioether (sulfide) groups is 1. The Hall–Kier alpha value is -1.13. The molecule has 1 aliphatic rings. The van der Waals surface area contributed by atoms with E-state index in [0.29, 0.717) is 6.61 Å². The highest BCUT2D eigenvalue weighted by Gasteiger charge is 2.20. The van der Waals surface area contributed by atoms with Gasteiger partial charge in [-0.05, 0) is 12.1 Å². The lowest BCUT2D eigenvalue weighted by Gasteiger charge is -2.07. The number of rotatable bonds is 5. The van der Waals surface area contributed by atoms with E-state index in [1.54, 1.807) is 0 Å². The van der Waals surface area contributed by atoms with Gasteiger partial charge in [-0.2, -0.15) is 16.9 Å². The van der Waals surface area contributed by atoms with E-state index in [4.69, 9.17) is 16.3 Å². The van der Waals surface area contributed by atoms with E-state index < -0.39 is 0 Å². The van der Waals surface area contributed by atoms with Crippen LogP contribution in [0, 0.1) is 0 Å². The molecule has 0 radical (unpaired) electrons. The first-order valence-corrected chi connectivity index (χ1v) is 7.87. The van der Waals surface area contributed by atoms with Crippen LogP contribution in [0.2, 0.25) is 5.15 Å². The normalized spacial score (nSPS) is 13.5. The molecular formula is C14H15ClN2OS. The number of ether oxygens (including phenoxy) is 1. The summed E-state index contributed by atoms with van der Waals surface area (Å²) >= 11 is 8.19. The van der Waals surface area contributed by atoms with Crippen molar-refractivity contribution < 1.29 is 4.74 Å². The highest BCUT2D eigenvalue weighted by Crippen LogP contribution is 2.34. The number of aromatic nitrogens is 2. The molecule has 2 aromatic rings. The first kappa shape index (κ1) is 12.9. The Kier molecular flexibility index (Phi) is 3.99. The van der Waals surface area contributed by atoms with Gasteiger partial charge in [-0.3, -0.25) is 4.68 Å². The summed E-state index contributed by atoms with van der Waals surface area (Å²) in [6.45, 7) is 1.49. The average Bonchev–Trinajstić information content (AvgIpc) is 3.00. The van der Waals surface area contributed by atoms with Crippen LogP contribution in [0.5, 0.6) is 5.75 Å². The van der Waals surface area contributed by atoms with Gasteiger partial charge in [0.1, 0.15) is 10.9 Å². The summed E-state index contributed by atoms with van der Waals surface area (Å²) in [5.74, 6) is 2.89. The van der Waals surface area contributed by atoms with Gasteiger partial charge in [0.05, 0.1) is 12.3 Å². The Balaban J connectivity index is 1.50. The molecule has 0 spiro atoms. The first-order chi connectivity index (χ1) is 9.34. The smallest absolute Gasteiger partial charge is 0.131 e. The molecule has 1 aromatic heterocycles. The zero-order valence-corrected chi connectivity index (χ0v) is 12.1. The quantitative estimate of drug-likeness (QED) is 0.786. The van der Waals surface area contributed by atoms with E-state index in [1.807, 2.05) is 46.8 Å². The number of hydrogen-bond donors (Lipinski definition) is 0. The molecule has 0 atom stereocenters. The molecule has 2 heterocycles. The third-order valence-electron chi connectivity index (χ3n) is 3.08. The zero-order chi connectivity index (χ0) is 13.1. The molecule has 1 aliphatic heterocycles. The van der Waals surface area contributed by atoms with Crippen LogP contribution in [-0.4, -0.2) is 16.4 Å². The second kappa shape index (κ2) is 5.88. The van der Waals surface area contributed by atoms with Crippen molar-refractivity contribution in [1.29, 1.82) is 0 Å². The van der Waals surface area contributed by atoms with Crippen molar-refractivity contribution in [2.75, 3.05) is 6.61 Å². The molecule has 5 heteroatoms. The summed E-state index contributed by atoms with van der Waals surface area (Å²) in [5.41, 5.74) is 2.37. The molecule has 3 nitrogen and oxygen atoms in total. The Morgan fingerprint density at radius 2 is 2.11 bits per heavy atom. The van der Waals surface area contributed by atoms with Gasteiger partial charge >= 0.3 is 0 Å². The van der Waals surface area contributed by atoms with Crippen LogP contribution in [-0.2, 0) is 18.1 Å². The van der Waals surface area contributed by atoms with Crippen LogP contribution in [0.15, 0.2) is 30.3 Å². The van der Waals surface area contributed by atoms with Crippen LogP contribution in [0.25, 0.3) is 0 Å². The van der Waals surface area contributed by atoms with Gasteiger partial charge in [-0.1, -0.05) is 29.8 Å². The molecule has 0 unspecified atom stereocenters. The van der Waals surface area contributed by atoms with Crippen LogP contribution < -0.4 is 4.74 Å². The van der Waals surface area contributed by atoms with Gasteiger partial charge in [0.15, 0.2) is 0 Å². The first-order valence-electron chi connectivity index (χ1n) is 6.34. The molecule has 0 bridgehead atoms. The Morgan fingerprint density at radius 1 is 1.26 bits per heavy atom. The summed E-state index contributed by atoms with van der Waals surface area (Å²) in [6, 6.07) is 9.86. The van der Waals surface area contributed by atoms with Crippen molar-refractivity contribution in [3.8, 4) is 5.75 Å². The van der Waals surface area contributed by atoms with Crippen LogP contribution in [0.1, 0.15) is 17.7 Å². The Bertz CT molecular complexity index is 556. The van der Waals surface area contributed by atoms with Gasteiger partial charge in [0, 0.05) is 30.0 Å². The summed E-state index contributed by atoms with van der Waals surface area (Å²) in [7, 11) is 0. The minimum absolute atomic E-state index is 0.680. The molecule has 100 valence electrons. The number of aryl methyl sites for hydroxylation is 1. The summed E-state index contributed by atoms with van der Waals surface area (Å²) in [5, 5.41) is 5.35. The van der Waals surface area contributed by atoms with E-state index in [-0.39, 0.29) is 0 Å². The average molecular weight is 295 g/mol. The molecule has 0 N–H and O–H groups in total. The van der Waals surface area contributed by atoms with Crippen LogP contribution >= 0.6 is 23.4 Å². The fourth-order valence-electron chi connectivity index (χ4n) is 2.10. The molecule has 19 heavy (non-hydrogen) atoms. The van der Waals surface area contributed by atoms with Crippen molar-refractivity contribution in [2.45, 2.75) is 24.5 Å². The Labute approximate surface area is 121 Å². The van der Waals surface area contributed by atoms with Crippen molar-refractivity contribution >= 4 is 23.4 Å². The number of hydrogen-bond acceptors (Lipinski definition) is 3. The predicted molar refractivity (Wildman–Crippen MR) is 78.8 cm³/mol. The van der Waals surface area contributed by atoms with Crippen molar-refractivity contribution in [3.05, 3.63) is 46.7 Å². The SMILES string of the molecule is Clc1c2c(nn1CCCOc1ccccc1)CSC2. The molecule has 3 rings (SSSR count). The highest BCUT2D eigenvalue weighted by molar-refractivity contribution is 7.98. The van der Waals surface area contributed by atoms with Gasteiger partial charge < -0.3 is 4.74 Å². The second-order valence-corrected chi connectivity index (χ2v) is 5.79. The third-order valence-corrected chi connectivity index (χ3v) is 4.47. The van der Waals surface area contributed by atoms with E-state index in [0.717, 1.165) is 41.1 Å². The predicted octanol–water partition coefficient (Wildman–Crippen LogP) is 3.75. The number of halogens is 1. The van der Waals surface area contributed by atoms with E-state index >= 15 is 0 Å². The Morgan fingerprint density at radius 3 is 2.89 bits per heavy atom. The van der Waals surface area contributed by atoms with E-state index in [1.165, 1.54) is 5.56 Å². The number of benzene rings is 1. The summed E-state index contributed by atoms with van der Waals surface area (Å²) in [6.07, 6.45) is 0.905. The second-order valence-electron chi connectivity index (χ2n) is 4.45. The number of nitrogens with zero attached hydrogens (tertiary/aromatic N) is 2. The van der Waals surface area contributed by atoms with E-state index in [9.17, 15) is 0 Å². The van der Waals surface area contributed by atoms with Gasteiger partial charge in [-0.15, -0.1) is 0 Å². The number of para-hydroxylation sites is 1. The lowest BCUT2D eigenvalue weighted by molar-refractivity contribution is 0.298. The van der Waals surface area contributed by atoms with Gasteiger partial charge in [-0.25, -0.2) is 0 Å². The minimum atomic E-state index is 0.680. The maximum absolute atomic E-state index is 6.31. The van der Waals surface area contributed by atoms with Gasteiger partial charge in [0.2, 0.25) is 0 Å². The molecule has 1 aromatic carbocycles. The maximum atomic E-state index is 6.31. The third kappa shape index (κ3) is 2.90. The lowest BCUT2D eigenvalue weighted by Crippen LogP contribution is -2.06.